The lowest BCUT2D eigenvalue weighted by atomic mass is 9.72. The summed E-state index contributed by atoms with van der Waals surface area (Å²) in [7, 11) is 1.67. The third kappa shape index (κ3) is 5.52. The number of nitrogens with one attached hydrogen (secondary N) is 1. The van der Waals surface area contributed by atoms with Crippen LogP contribution in [-0.4, -0.2) is 36.9 Å². The molecular weight excluding hydrogens is 391 g/mol. The summed E-state index contributed by atoms with van der Waals surface area (Å²) in [6.45, 7) is 7.34. The molecule has 1 aliphatic rings. The van der Waals surface area contributed by atoms with Crippen LogP contribution in [0.25, 0.3) is 11.1 Å². The molecule has 3 rings (SSSR count). The van der Waals surface area contributed by atoms with E-state index in [4.69, 9.17) is 0 Å². The van der Waals surface area contributed by atoms with Gasteiger partial charge in [-0.25, -0.2) is 4.39 Å². The number of carbonyl (C=O) groups excluding carboxylic acids is 2. The van der Waals surface area contributed by atoms with Gasteiger partial charge in [-0.2, -0.15) is 0 Å². The number of rotatable bonds is 5. The Balaban J connectivity index is 1.85. The lowest BCUT2D eigenvalue weighted by Crippen LogP contribution is -2.51. The van der Waals surface area contributed by atoms with Gasteiger partial charge in [-0.05, 0) is 53.5 Å². The van der Waals surface area contributed by atoms with E-state index in [-0.39, 0.29) is 23.0 Å². The standard InChI is InChI=1S/C26H33FN2O2/c1-25(2,3)18-23(30)29-14-12-26(13-15-29,24(31)28-4)17-20-8-5-6-11-22(20)19-9-7-10-21(27)16-19/h5-11,16H,12-15,17-18H2,1-4H3,(H,28,31). The molecule has 2 aromatic rings. The molecule has 166 valence electrons. The largest absolute Gasteiger partial charge is 0.359 e. The van der Waals surface area contributed by atoms with Gasteiger partial charge in [0, 0.05) is 26.6 Å². The fourth-order valence-electron chi connectivity index (χ4n) is 4.48. The highest BCUT2D eigenvalue weighted by atomic mass is 19.1. The van der Waals surface area contributed by atoms with Crippen LogP contribution in [0.5, 0.6) is 0 Å². The maximum absolute atomic E-state index is 13.8. The number of amides is 2. The van der Waals surface area contributed by atoms with Crippen molar-refractivity contribution in [3.63, 3.8) is 0 Å². The molecule has 1 N–H and O–H groups in total. The van der Waals surface area contributed by atoms with Crippen molar-refractivity contribution >= 4 is 11.8 Å². The van der Waals surface area contributed by atoms with E-state index >= 15 is 0 Å². The Morgan fingerprint density at radius 3 is 2.35 bits per heavy atom. The molecule has 31 heavy (non-hydrogen) atoms. The first-order chi connectivity index (χ1) is 14.6. The molecule has 1 fully saturated rings. The zero-order valence-corrected chi connectivity index (χ0v) is 19.0. The second-order valence-electron chi connectivity index (χ2n) is 9.82. The number of hydrogen-bond acceptors (Lipinski definition) is 2. The van der Waals surface area contributed by atoms with Crippen LogP contribution in [-0.2, 0) is 16.0 Å². The van der Waals surface area contributed by atoms with Gasteiger partial charge in [-0.3, -0.25) is 9.59 Å². The second-order valence-corrected chi connectivity index (χ2v) is 9.82. The highest BCUT2D eigenvalue weighted by Gasteiger charge is 2.42. The molecular formula is C26H33FN2O2. The molecule has 1 aliphatic heterocycles. The van der Waals surface area contributed by atoms with Gasteiger partial charge >= 0.3 is 0 Å². The van der Waals surface area contributed by atoms with Crippen molar-refractivity contribution in [2.75, 3.05) is 20.1 Å². The zero-order valence-electron chi connectivity index (χ0n) is 19.0. The third-order valence-corrected chi connectivity index (χ3v) is 6.15. The predicted octanol–water partition coefficient (Wildman–Crippen LogP) is 4.83. The number of benzene rings is 2. The summed E-state index contributed by atoms with van der Waals surface area (Å²) >= 11 is 0. The summed E-state index contributed by atoms with van der Waals surface area (Å²) in [6, 6.07) is 14.4. The minimum Gasteiger partial charge on any atom is -0.359 e. The Bertz CT molecular complexity index is 940. The van der Waals surface area contributed by atoms with Crippen LogP contribution in [0, 0.1) is 16.6 Å². The van der Waals surface area contributed by atoms with Crippen molar-refractivity contribution in [2.24, 2.45) is 10.8 Å². The van der Waals surface area contributed by atoms with E-state index < -0.39 is 5.41 Å². The van der Waals surface area contributed by atoms with E-state index in [1.807, 2.05) is 35.2 Å². The summed E-state index contributed by atoms with van der Waals surface area (Å²) < 4.78 is 13.8. The molecule has 0 aromatic heterocycles. The van der Waals surface area contributed by atoms with E-state index in [0.29, 0.717) is 38.8 Å². The molecule has 1 saturated heterocycles. The fourth-order valence-corrected chi connectivity index (χ4v) is 4.48. The monoisotopic (exact) mass is 424 g/mol. The van der Waals surface area contributed by atoms with E-state index in [1.54, 1.807) is 13.1 Å². The molecule has 4 nitrogen and oxygen atoms in total. The van der Waals surface area contributed by atoms with Crippen molar-refractivity contribution in [1.82, 2.24) is 10.2 Å². The van der Waals surface area contributed by atoms with Crippen molar-refractivity contribution in [2.45, 2.75) is 46.5 Å². The maximum atomic E-state index is 13.8. The van der Waals surface area contributed by atoms with Crippen LogP contribution in [0.15, 0.2) is 48.5 Å². The quantitative estimate of drug-likeness (QED) is 0.748. The van der Waals surface area contributed by atoms with Crippen molar-refractivity contribution in [3.8, 4) is 11.1 Å². The second kappa shape index (κ2) is 9.21. The highest BCUT2D eigenvalue weighted by Crippen LogP contribution is 2.39. The van der Waals surface area contributed by atoms with Gasteiger partial charge in [0.05, 0.1) is 5.41 Å². The Hall–Kier alpha value is -2.69. The number of hydrogen-bond donors (Lipinski definition) is 1. The molecule has 2 aromatic carbocycles. The molecule has 0 radical (unpaired) electrons. The van der Waals surface area contributed by atoms with Gasteiger partial charge in [0.15, 0.2) is 0 Å². The minimum atomic E-state index is -0.587. The van der Waals surface area contributed by atoms with E-state index in [0.717, 1.165) is 16.7 Å². The summed E-state index contributed by atoms with van der Waals surface area (Å²) in [5.74, 6) is -0.124. The van der Waals surface area contributed by atoms with Crippen molar-refractivity contribution < 1.29 is 14.0 Å². The number of piperidine rings is 1. The van der Waals surface area contributed by atoms with Crippen LogP contribution < -0.4 is 5.32 Å². The van der Waals surface area contributed by atoms with Crippen molar-refractivity contribution in [3.05, 3.63) is 59.9 Å². The molecule has 0 saturated carbocycles. The van der Waals surface area contributed by atoms with Gasteiger partial charge in [-0.1, -0.05) is 57.2 Å². The first kappa shape index (κ1) is 23.0. The summed E-state index contributed by atoms with van der Waals surface area (Å²) in [5.41, 5.74) is 2.12. The van der Waals surface area contributed by atoms with E-state index in [2.05, 4.69) is 26.1 Å². The topological polar surface area (TPSA) is 49.4 Å². The van der Waals surface area contributed by atoms with Crippen LogP contribution >= 0.6 is 0 Å². The normalized spacial score (nSPS) is 16.1. The fraction of sp³-hybridized carbons (Fsp3) is 0.462. The zero-order chi connectivity index (χ0) is 22.6. The van der Waals surface area contributed by atoms with Crippen LogP contribution in [0.1, 0.15) is 45.6 Å². The molecule has 5 heteroatoms. The predicted molar refractivity (Wildman–Crippen MR) is 122 cm³/mol. The number of halogens is 1. The number of likely N-dealkylation sites (tertiary alicyclic amines) is 1. The molecule has 0 atom stereocenters. The van der Waals surface area contributed by atoms with Gasteiger partial charge in [0.1, 0.15) is 5.82 Å². The SMILES string of the molecule is CNC(=O)C1(Cc2ccccc2-c2cccc(F)c2)CCN(C(=O)CC(C)(C)C)CC1. The Labute approximate surface area is 184 Å². The Kier molecular flexibility index (Phi) is 6.83. The van der Waals surface area contributed by atoms with Crippen LogP contribution in [0.3, 0.4) is 0 Å². The first-order valence-corrected chi connectivity index (χ1v) is 11.0. The Morgan fingerprint density at radius 1 is 1.06 bits per heavy atom. The van der Waals surface area contributed by atoms with Gasteiger partial charge in [-0.15, -0.1) is 0 Å². The molecule has 2 amide bonds. The summed E-state index contributed by atoms with van der Waals surface area (Å²) in [4.78, 5) is 27.6. The van der Waals surface area contributed by atoms with Crippen LogP contribution in [0.2, 0.25) is 0 Å². The highest BCUT2D eigenvalue weighted by molar-refractivity contribution is 5.84. The molecule has 0 spiro atoms. The molecule has 0 bridgehead atoms. The van der Waals surface area contributed by atoms with Crippen LogP contribution in [0.4, 0.5) is 4.39 Å². The smallest absolute Gasteiger partial charge is 0.226 e. The minimum absolute atomic E-state index is 0.00413. The van der Waals surface area contributed by atoms with E-state index in [9.17, 15) is 14.0 Å². The number of carbonyl (C=O) groups is 2. The van der Waals surface area contributed by atoms with Crippen molar-refractivity contribution in [1.29, 1.82) is 0 Å². The van der Waals surface area contributed by atoms with Gasteiger partial charge < -0.3 is 10.2 Å². The third-order valence-electron chi connectivity index (χ3n) is 6.15. The van der Waals surface area contributed by atoms with Gasteiger partial charge in [0.2, 0.25) is 11.8 Å². The maximum Gasteiger partial charge on any atom is 0.226 e. The van der Waals surface area contributed by atoms with E-state index in [1.165, 1.54) is 12.1 Å². The first-order valence-electron chi connectivity index (χ1n) is 11.0. The Morgan fingerprint density at radius 2 is 1.74 bits per heavy atom. The lowest BCUT2D eigenvalue weighted by molar-refractivity contribution is -0.141. The molecule has 0 aliphatic carbocycles. The summed E-state index contributed by atoms with van der Waals surface area (Å²) in [5, 5.41) is 2.84. The summed E-state index contributed by atoms with van der Waals surface area (Å²) in [6.07, 6.45) is 2.28. The molecule has 1 heterocycles. The van der Waals surface area contributed by atoms with Gasteiger partial charge in [0.25, 0.3) is 0 Å². The average molecular weight is 425 g/mol. The lowest BCUT2D eigenvalue weighted by Gasteiger charge is -2.41. The average Bonchev–Trinajstić information content (AvgIpc) is 2.72. The number of nitrogens with zero attached hydrogens (tertiary/aromatic N) is 1. The molecule has 0 unspecified atom stereocenters.